The minimum atomic E-state index is -0.926. The highest BCUT2D eigenvalue weighted by Crippen LogP contribution is 2.39. The van der Waals surface area contributed by atoms with Crippen LogP contribution in [0.4, 0.5) is 0 Å². The number of fused-ring (bicyclic) bond motifs is 1. The lowest BCUT2D eigenvalue weighted by Gasteiger charge is -2.33. The van der Waals surface area contributed by atoms with Gasteiger partial charge in [-0.25, -0.2) is 0 Å². The fraction of sp³-hybridized carbons (Fsp3) is 0.211. The average Bonchev–Trinajstić information content (AvgIpc) is 3.09. The average molecular weight is 326 g/mol. The Hall–Kier alpha value is -2.33. The van der Waals surface area contributed by atoms with E-state index in [9.17, 15) is 9.90 Å². The molecule has 0 aliphatic heterocycles. The monoisotopic (exact) mass is 326 g/mol. The van der Waals surface area contributed by atoms with Crippen molar-refractivity contribution >= 4 is 28.1 Å². The predicted molar refractivity (Wildman–Crippen MR) is 93.0 cm³/mol. The highest BCUT2D eigenvalue weighted by Gasteiger charge is 2.41. The molecule has 3 nitrogen and oxygen atoms in total. The van der Waals surface area contributed by atoms with Crippen molar-refractivity contribution in [1.82, 2.24) is 0 Å². The van der Waals surface area contributed by atoms with Crippen LogP contribution in [0.3, 0.4) is 0 Å². The van der Waals surface area contributed by atoms with E-state index >= 15 is 0 Å². The zero-order chi connectivity index (χ0) is 16.4. The molecule has 0 bridgehead atoms. The van der Waals surface area contributed by atoms with Gasteiger partial charge in [0.1, 0.15) is 5.75 Å². The number of carboxylic acids is 1. The number of hydrogen-bond donors (Lipinski definition) is 1. The number of aliphatic carboxylic acids is 1. The molecule has 118 valence electrons. The highest BCUT2D eigenvalue weighted by molar-refractivity contribution is 7.10. The van der Waals surface area contributed by atoms with Gasteiger partial charge in [0, 0.05) is 10.3 Å². The molecular weight excluding hydrogens is 308 g/mol. The van der Waals surface area contributed by atoms with E-state index in [4.69, 9.17) is 4.74 Å². The summed E-state index contributed by atoms with van der Waals surface area (Å²) in [5, 5.41) is 13.5. The molecule has 0 saturated heterocycles. The van der Waals surface area contributed by atoms with Gasteiger partial charge in [-0.2, -0.15) is 0 Å². The smallest absolute Gasteiger partial charge is 0.310 e. The molecule has 1 aromatic heterocycles. The quantitative estimate of drug-likeness (QED) is 0.724. The van der Waals surface area contributed by atoms with Gasteiger partial charge in [-0.15, -0.1) is 11.3 Å². The number of hydrogen-bond acceptors (Lipinski definition) is 3. The van der Waals surface area contributed by atoms with Gasteiger partial charge in [-0.3, -0.25) is 4.79 Å². The molecule has 1 N–H and O–H groups in total. The van der Waals surface area contributed by atoms with Crippen LogP contribution in [-0.4, -0.2) is 11.1 Å². The zero-order valence-corrected chi connectivity index (χ0v) is 13.8. The summed E-state index contributed by atoms with van der Waals surface area (Å²) in [6.45, 7) is 3.53. The second-order valence-electron chi connectivity index (χ2n) is 5.72. The first-order chi connectivity index (χ1) is 11.0. The van der Waals surface area contributed by atoms with Gasteiger partial charge in [0.15, 0.2) is 5.60 Å². The molecule has 3 rings (SSSR count). The third-order valence-corrected chi connectivity index (χ3v) is 5.37. The number of benzene rings is 2. The Morgan fingerprint density at radius 1 is 1.13 bits per heavy atom. The normalized spacial score (nSPS) is 15.0. The maximum atomic E-state index is 11.6. The van der Waals surface area contributed by atoms with Gasteiger partial charge in [0.2, 0.25) is 0 Å². The van der Waals surface area contributed by atoms with Crippen molar-refractivity contribution in [3.63, 3.8) is 0 Å². The largest absolute Gasteiger partial charge is 0.481 e. The van der Waals surface area contributed by atoms with Crippen LogP contribution in [-0.2, 0) is 10.4 Å². The number of carbonyl (C=O) groups is 1. The summed E-state index contributed by atoms with van der Waals surface area (Å²) in [5.74, 6) is -0.853. The van der Waals surface area contributed by atoms with E-state index in [0.717, 1.165) is 15.6 Å². The molecule has 0 aliphatic rings. The fourth-order valence-electron chi connectivity index (χ4n) is 2.66. The molecule has 0 amide bonds. The van der Waals surface area contributed by atoms with E-state index < -0.39 is 17.5 Å². The maximum Gasteiger partial charge on any atom is 0.310 e. The minimum Gasteiger partial charge on any atom is -0.481 e. The Bertz CT molecular complexity index is 820. The van der Waals surface area contributed by atoms with Crippen LogP contribution in [0.25, 0.3) is 10.8 Å². The van der Waals surface area contributed by atoms with Crippen LogP contribution in [0.2, 0.25) is 0 Å². The lowest BCUT2D eigenvalue weighted by Crippen LogP contribution is -2.40. The molecular formula is C19H18O3S. The molecule has 2 atom stereocenters. The standard InChI is InChI=1S/C19H18O3S/c1-13(18(20)21)19(2,17-11-6-12-23-17)22-16-10-5-8-14-7-3-4-9-15(14)16/h3-13H,1-2H3,(H,20,21)/t13?,19-/m1/s1. The van der Waals surface area contributed by atoms with E-state index in [-0.39, 0.29) is 0 Å². The molecule has 0 radical (unpaired) electrons. The van der Waals surface area contributed by atoms with Crippen molar-refractivity contribution in [3.8, 4) is 5.75 Å². The van der Waals surface area contributed by atoms with E-state index in [0.29, 0.717) is 5.75 Å². The molecule has 0 spiro atoms. The topological polar surface area (TPSA) is 46.5 Å². The van der Waals surface area contributed by atoms with Gasteiger partial charge in [0.05, 0.1) is 5.92 Å². The first-order valence-electron chi connectivity index (χ1n) is 7.46. The van der Waals surface area contributed by atoms with Crippen LogP contribution >= 0.6 is 11.3 Å². The summed E-state index contributed by atoms with van der Waals surface area (Å²) in [6.07, 6.45) is 0. The van der Waals surface area contributed by atoms with Crippen molar-refractivity contribution in [2.24, 2.45) is 5.92 Å². The van der Waals surface area contributed by atoms with Crippen molar-refractivity contribution in [3.05, 3.63) is 64.9 Å². The molecule has 0 fully saturated rings. The molecule has 0 aliphatic carbocycles. The summed E-state index contributed by atoms with van der Waals surface area (Å²) < 4.78 is 6.31. The summed E-state index contributed by atoms with van der Waals surface area (Å²) in [6, 6.07) is 17.6. The SMILES string of the molecule is CC(C(=O)O)[C@@](C)(Oc1cccc2ccccc12)c1cccs1. The molecule has 1 unspecified atom stereocenters. The number of carboxylic acid groups (broad SMARTS) is 1. The zero-order valence-electron chi connectivity index (χ0n) is 13.0. The van der Waals surface area contributed by atoms with Crippen LogP contribution in [0.1, 0.15) is 18.7 Å². The van der Waals surface area contributed by atoms with Crippen LogP contribution in [0.5, 0.6) is 5.75 Å². The van der Waals surface area contributed by atoms with Gasteiger partial charge < -0.3 is 9.84 Å². The molecule has 2 aromatic carbocycles. The second kappa shape index (κ2) is 6.05. The van der Waals surface area contributed by atoms with Gasteiger partial charge in [-0.05, 0) is 36.7 Å². The van der Waals surface area contributed by atoms with Gasteiger partial charge in [-0.1, -0.05) is 42.5 Å². The van der Waals surface area contributed by atoms with Crippen molar-refractivity contribution in [2.75, 3.05) is 0 Å². The fourth-order valence-corrected chi connectivity index (χ4v) is 3.58. The minimum absolute atomic E-state index is 0.680. The Morgan fingerprint density at radius 3 is 2.57 bits per heavy atom. The van der Waals surface area contributed by atoms with Crippen LogP contribution in [0.15, 0.2) is 60.0 Å². The van der Waals surface area contributed by atoms with Crippen molar-refractivity contribution < 1.29 is 14.6 Å². The number of rotatable bonds is 5. The van der Waals surface area contributed by atoms with E-state index in [1.165, 1.54) is 11.3 Å². The lowest BCUT2D eigenvalue weighted by atomic mass is 9.88. The molecule has 1 heterocycles. The number of thiophene rings is 1. The summed E-state index contributed by atoms with van der Waals surface area (Å²) in [7, 11) is 0. The van der Waals surface area contributed by atoms with Gasteiger partial charge in [0.25, 0.3) is 0 Å². The van der Waals surface area contributed by atoms with Crippen molar-refractivity contribution in [2.45, 2.75) is 19.4 Å². The van der Waals surface area contributed by atoms with Gasteiger partial charge >= 0.3 is 5.97 Å². The molecule has 0 saturated carbocycles. The van der Waals surface area contributed by atoms with Crippen LogP contribution < -0.4 is 4.74 Å². The molecule has 3 aromatic rings. The Morgan fingerprint density at radius 2 is 1.87 bits per heavy atom. The maximum absolute atomic E-state index is 11.6. The third-order valence-electron chi connectivity index (χ3n) is 4.28. The van der Waals surface area contributed by atoms with Crippen molar-refractivity contribution in [1.29, 1.82) is 0 Å². The first kappa shape index (κ1) is 15.6. The summed E-state index contributed by atoms with van der Waals surface area (Å²) in [4.78, 5) is 12.5. The molecule has 4 heteroatoms. The predicted octanol–water partition coefficient (Wildman–Crippen LogP) is 4.92. The Kier molecular flexibility index (Phi) is 4.09. The highest BCUT2D eigenvalue weighted by atomic mass is 32.1. The second-order valence-corrected chi connectivity index (χ2v) is 6.67. The summed E-state index contributed by atoms with van der Waals surface area (Å²) >= 11 is 1.51. The Labute approximate surface area is 139 Å². The van der Waals surface area contributed by atoms with E-state index in [1.54, 1.807) is 6.92 Å². The first-order valence-corrected chi connectivity index (χ1v) is 8.34. The number of ether oxygens (including phenoxy) is 1. The van der Waals surface area contributed by atoms with E-state index in [2.05, 4.69) is 0 Å². The van der Waals surface area contributed by atoms with E-state index in [1.807, 2.05) is 66.9 Å². The van der Waals surface area contributed by atoms with Crippen LogP contribution in [0, 0.1) is 5.92 Å². The lowest BCUT2D eigenvalue weighted by molar-refractivity contribution is -0.148. The molecule has 23 heavy (non-hydrogen) atoms. The Balaban J connectivity index is 2.10. The third kappa shape index (κ3) is 2.82. The summed E-state index contributed by atoms with van der Waals surface area (Å²) in [5.41, 5.74) is -0.926.